The Kier molecular flexibility index (Phi) is 4.41. The summed E-state index contributed by atoms with van der Waals surface area (Å²) >= 11 is 0. The summed E-state index contributed by atoms with van der Waals surface area (Å²) in [4.78, 5) is 0. The van der Waals surface area contributed by atoms with Crippen LogP contribution in [-0.4, -0.2) is 17.3 Å². The summed E-state index contributed by atoms with van der Waals surface area (Å²) in [5.41, 5.74) is 1.02. The molecule has 2 N–H and O–H groups in total. The van der Waals surface area contributed by atoms with E-state index in [9.17, 15) is 5.11 Å². The lowest BCUT2D eigenvalue weighted by atomic mass is 9.93. The summed E-state index contributed by atoms with van der Waals surface area (Å²) in [5, 5.41) is 13.1. The molecule has 3 heteroatoms. The van der Waals surface area contributed by atoms with Crippen molar-refractivity contribution in [2.75, 3.05) is 5.32 Å². The van der Waals surface area contributed by atoms with Crippen LogP contribution in [0.3, 0.4) is 0 Å². The highest BCUT2D eigenvalue weighted by atomic mass is 16.5. The molecule has 3 nitrogen and oxygen atoms in total. The summed E-state index contributed by atoms with van der Waals surface area (Å²) < 4.78 is 5.96. The van der Waals surface area contributed by atoms with Crippen molar-refractivity contribution in [1.82, 2.24) is 0 Å². The molecule has 2 aromatic carbocycles. The Morgan fingerprint density at radius 1 is 0.857 bits per heavy atom. The van der Waals surface area contributed by atoms with E-state index in [0.717, 1.165) is 42.9 Å². The summed E-state index contributed by atoms with van der Waals surface area (Å²) in [6.07, 6.45) is 3.62. The van der Waals surface area contributed by atoms with E-state index in [1.165, 1.54) is 0 Å². The Labute approximate surface area is 125 Å². The highest BCUT2D eigenvalue weighted by Gasteiger charge is 2.20. The number of aliphatic hydroxyl groups excluding tert-OH is 1. The molecule has 1 saturated carbocycles. The maximum absolute atomic E-state index is 9.59. The Balaban J connectivity index is 1.70. The minimum Gasteiger partial charge on any atom is -0.455 e. The van der Waals surface area contributed by atoms with Crippen molar-refractivity contribution in [3.8, 4) is 11.5 Å². The second-order valence-electron chi connectivity index (χ2n) is 5.56. The van der Waals surface area contributed by atoms with Crippen LogP contribution in [0.2, 0.25) is 0 Å². The zero-order chi connectivity index (χ0) is 14.5. The number of rotatable bonds is 4. The quantitative estimate of drug-likeness (QED) is 0.884. The van der Waals surface area contributed by atoms with Crippen molar-refractivity contribution in [2.45, 2.75) is 37.8 Å². The number of hydrogen-bond acceptors (Lipinski definition) is 3. The molecule has 0 spiro atoms. The summed E-state index contributed by atoms with van der Waals surface area (Å²) in [7, 11) is 0. The van der Waals surface area contributed by atoms with Gasteiger partial charge in [-0.05, 0) is 49.9 Å². The van der Waals surface area contributed by atoms with Gasteiger partial charge in [-0.2, -0.15) is 0 Å². The van der Waals surface area contributed by atoms with Crippen LogP contribution in [0.5, 0.6) is 11.5 Å². The average molecular weight is 283 g/mol. The second kappa shape index (κ2) is 6.64. The molecule has 0 radical (unpaired) electrons. The molecular formula is C18H21NO2. The third-order valence-electron chi connectivity index (χ3n) is 3.91. The maximum atomic E-state index is 9.59. The average Bonchev–Trinajstić information content (AvgIpc) is 2.52. The molecule has 0 atom stereocenters. The smallest absolute Gasteiger partial charge is 0.150 e. The van der Waals surface area contributed by atoms with Gasteiger partial charge >= 0.3 is 0 Å². The normalized spacial score (nSPS) is 21.8. The van der Waals surface area contributed by atoms with E-state index in [-0.39, 0.29) is 6.10 Å². The van der Waals surface area contributed by atoms with Crippen molar-refractivity contribution in [2.24, 2.45) is 0 Å². The second-order valence-corrected chi connectivity index (χ2v) is 5.56. The number of aliphatic hydroxyl groups is 1. The fourth-order valence-electron chi connectivity index (χ4n) is 2.73. The van der Waals surface area contributed by atoms with Crippen molar-refractivity contribution in [3.05, 3.63) is 54.6 Å². The molecule has 2 aromatic rings. The minimum atomic E-state index is -0.126. The van der Waals surface area contributed by atoms with Crippen molar-refractivity contribution < 1.29 is 9.84 Å². The van der Waals surface area contributed by atoms with Gasteiger partial charge in [0, 0.05) is 6.04 Å². The SMILES string of the molecule is OC1CCC(Nc2ccccc2Oc2ccccc2)CC1. The van der Waals surface area contributed by atoms with Gasteiger partial charge in [-0.1, -0.05) is 30.3 Å². The molecule has 0 amide bonds. The molecule has 1 fully saturated rings. The molecular weight excluding hydrogens is 262 g/mol. The van der Waals surface area contributed by atoms with Gasteiger partial charge in [0.1, 0.15) is 5.75 Å². The van der Waals surface area contributed by atoms with Crippen LogP contribution in [0.4, 0.5) is 5.69 Å². The maximum Gasteiger partial charge on any atom is 0.150 e. The third-order valence-corrected chi connectivity index (χ3v) is 3.91. The highest BCUT2D eigenvalue weighted by Crippen LogP contribution is 2.31. The number of benzene rings is 2. The summed E-state index contributed by atoms with van der Waals surface area (Å²) in [6.45, 7) is 0. The topological polar surface area (TPSA) is 41.5 Å². The van der Waals surface area contributed by atoms with E-state index in [1.54, 1.807) is 0 Å². The molecule has 1 aliphatic rings. The first-order chi connectivity index (χ1) is 10.3. The van der Waals surface area contributed by atoms with Crippen molar-refractivity contribution in [1.29, 1.82) is 0 Å². The van der Waals surface area contributed by atoms with Crippen LogP contribution in [0, 0.1) is 0 Å². The van der Waals surface area contributed by atoms with E-state index in [2.05, 4.69) is 5.32 Å². The van der Waals surface area contributed by atoms with Gasteiger partial charge in [-0.25, -0.2) is 0 Å². The lowest BCUT2D eigenvalue weighted by Gasteiger charge is -2.27. The fraction of sp³-hybridized carbons (Fsp3) is 0.333. The molecule has 0 aromatic heterocycles. The van der Waals surface area contributed by atoms with Crippen molar-refractivity contribution in [3.63, 3.8) is 0 Å². The Bertz CT molecular complexity index is 562. The largest absolute Gasteiger partial charge is 0.455 e. The van der Waals surface area contributed by atoms with Gasteiger partial charge in [0.05, 0.1) is 11.8 Å². The van der Waals surface area contributed by atoms with E-state index in [1.807, 2.05) is 54.6 Å². The lowest BCUT2D eigenvalue weighted by molar-refractivity contribution is 0.126. The molecule has 21 heavy (non-hydrogen) atoms. The first kappa shape index (κ1) is 14.0. The minimum absolute atomic E-state index is 0.126. The predicted octanol–water partition coefficient (Wildman–Crippen LogP) is 4.19. The summed E-state index contributed by atoms with van der Waals surface area (Å²) in [5.74, 6) is 1.68. The molecule has 0 aliphatic heterocycles. The Morgan fingerprint density at radius 3 is 2.29 bits per heavy atom. The first-order valence-corrected chi connectivity index (χ1v) is 7.58. The Morgan fingerprint density at radius 2 is 1.52 bits per heavy atom. The zero-order valence-corrected chi connectivity index (χ0v) is 12.0. The number of ether oxygens (including phenoxy) is 1. The number of nitrogens with one attached hydrogen (secondary N) is 1. The van der Waals surface area contributed by atoms with Gasteiger partial charge in [-0.3, -0.25) is 0 Å². The van der Waals surface area contributed by atoms with Gasteiger partial charge in [-0.15, -0.1) is 0 Å². The van der Waals surface area contributed by atoms with Gasteiger partial charge in [0.15, 0.2) is 5.75 Å². The molecule has 0 bridgehead atoms. The fourth-order valence-corrected chi connectivity index (χ4v) is 2.73. The van der Waals surface area contributed by atoms with Crippen LogP contribution in [0.15, 0.2) is 54.6 Å². The monoisotopic (exact) mass is 283 g/mol. The first-order valence-electron chi connectivity index (χ1n) is 7.58. The molecule has 1 aliphatic carbocycles. The van der Waals surface area contributed by atoms with Gasteiger partial charge in [0.2, 0.25) is 0 Å². The molecule has 0 saturated heterocycles. The van der Waals surface area contributed by atoms with Crippen LogP contribution >= 0.6 is 0 Å². The van der Waals surface area contributed by atoms with Gasteiger partial charge in [0.25, 0.3) is 0 Å². The highest BCUT2D eigenvalue weighted by molar-refractivity contribution is 5.58. The van der Waals surface area contributed by atoms with Crippen LogP contribution < -0.4 is 10.1 Å². The summed E-state index contributed by atoms with van der Waals surface area (Å²) in [6, 6.07) is 18.2. The number of para-hydroxylation sites is 3. The zero-order valence-electron chi connectivity index (χ0n) is 12.0. The molecule has 0 unspecified atom stereocenters. The van der Waals surface area contributed by atoms with Crippen molar-refractivity contribution >= 4 is 5.69 Å². The van der Waals surface area contributed by atoms with E-state index in [0.29, 0.717) is 6.04 Å². The van der Waals surface area contributed by atoms with Gasteiger partial charge < -0.3 is 15.2 Å². The third kappa shape index (κ3) is 3.76. The lowest BCUT2D eigenvalue weighted by Crippen LogP contribution is -2.28. The molecule has 3 rings (SSSR count). The van der Waals surface area contributed by atoms with Crippen LogP contribution in [-0.2, 0) is 0 Å². The van der Waals surface area contributed by atoms with Crippen LogP contribution in [0.25, 0.3) is 0 Å². The van der Waals surface area contributed by atoms with E-state index in [4.69, 9.17) is 4.74 Å². The van der Waals surface area contributed by atoms with Crippen LogP contribution in [0.1, 0.15) is 25.7 Å². The Hall–Kier alpha value is -2.00. The molecule has 0 heterocycles. The molecule has 110 valence electrons. The van der Waals surface area contributed by atoms with E-state index < -0.39 is 0 Å². The number of anilines is 1. The predicted molar refractivity (Wildman–Crippen MR) is 84.8 cm³/mol. The van der Waals surface area contributed by atoms with E-state index >= 15 is 0 Å². The number of hydrogen-bond donors (Lipinski definition) is 2. The standard InChI is InChI=1S/C18H21NO2/c20-15-12-10-14(11-13-15)19-17-8-4-5-9-18(17)21-16-6-2-1-3-7-16/h1-9,14-15,19-20H,10-13H2.